The van der Waals surface area contributed by atoms with Crippen LogP contribution in [0.2, 0.25) is 0 Å². The minimum atomic E-state index is -1.18. The Kier molecular flexibility index (Phi) is 4.76. The van der Waals surface area contributed by atoms with Crippen LogP contribution in [0, 0.1) is 0 Å². The van der Waals surface area contributed by atoms with Crippen LogP contribution >= 0.6 is 11.8 Å². The second-order valence-corrected chi connectivity index (χ2v) is 5.55. The van der Waals surface area contributed by atoms with Crippen molar-refractivity contribution in [3.05, 3.63) is 54.0 Å². The number of carbonyl (C=O) groups is 1. The minimum Gasteiger partial charge on any atom is -0.475 e. The highest BCUT2D eigenvalue weighted by atomic mass is 32.2. The van der Waals surface area contributed by atoms with E-state index in [4.69, 9.17) is 9.84 Å². The fourth-order valence-corrected chi connectivity index (χ4v) is 2.27. The third kappa shape index (κ3) is 3.72. The number of aromatic carboxylic acids is 1. The maximum atomic E-state index is 10.7. The molecule has 0 amide bonds. The summed E-state index contributed by atoms with van der Waals surface area (Å²) in [5.74, 6) is -1.30. The van der Waals surface area contributed by atoms with Gasteiger partial charge in [0.2, 0.25) is 5.76 Å². The molecule has 0 fully saturated rings. The molecule has 0 spiro atoms. The van der Waals surface area contributed by atoms with Gasteiger partial charge in [0.25, 0.3) is 5.88 Å². The van der Waals surface area contributed by atoms with E-state index in [-0.39, 0.29) is 18.2 Å². The minimum absolute atomic E-state index is 0.137. The molecule has 0 bridgehead atoms. The second kappa shape index (κ2) is 7.14. The Morgan fingerprint density at radius 1 is 1.21 bits per heavy atom. The fourth-order valence-electron chi connectivity index (χ4n) is 1.95. The van der Waals surface area contributed by atoms with Crippen LogP contribution in [-0.2, 0) is 6.61 Å². The number of thioether (sulfide) groups is 1. The largest absolute Gasteiger partial charge is 0.475 e. The van der Waals surface area contributed by atoms with Gasteiger partial charge in [-0.3, -0.25) is 0 Å². The molecule has 3 rings (SSSR count). The summed E-state index contributed by atoms with van der Waals surface area (Å²) in [7, 11) is 0. The molecule has 1 N–H and O–H groups in total. The molecule has 0 atom stereocenters. The van der Waals surface area contributed by atoms with Gasteiger partial charge < -0.3 is 14.4 Å². The van der Waals surface area contributed by atoms with Gasteiger partial charge in [-0.25, -0.2) is 14.8 Å². The Morgan fingerprint density at radius 2 is 1.92 bits per heavy atom. The van der Waals surface area contributed by atoms with E-state index in [0.29, 0.717) is 0 Å². The topological polar surface area (TPSA) is 98.3 Å². The number of nitrogens with zero attached hydrogens (tertiary/aromatic N) is 3. The zero-order chi connectivity index (χ0) is 16.9. The molecule has 0 aliphatic rings. The normalized spacial score (nSPS) is 10.5. The van der Waals surface area contributed by atoms with E-state index in [9.17, 15) is 4.79 Å². The van der Waals surface area contributed by atoms with Gasteiger partial charge in [-0.05, 0) is 22.5 Å². The van der Waals surface area contributed by atoms with Gasteiger partial charge in [-0.1, -0.05) is 36.0 Å². The second-order valence-electron chi connectivity index (χ2n) is 4.78. The first-order valence-corrected chi connectivity index (χ1v) is 8.16. The molecule has 8 heteroatoms. The summed E-state index contributed by atoms with van der Waals surface area (Å²) in [5, 5.41) is 13.0. The molecule has 0 aliphatic carbocycles. The molecular formula is C16H13N3O4S. The number of hydrogen-bond acceptors (Lipinski definition) is 7. The zero-order valence-corrected chi connectivity index (χ0v) is 13.5. The maximum absolute atomic E-state index is 10.7. The Morgan fingerprint density at radius 3 is 2.50 bits per heavy atom. The molecule has 24 heavy (non-hydrogen) atoms. The predicted octanol–water partition coefficient (Wildman–Crippen LogP) is 3.13. The number of aromatic nitrogens is 3. The van der Waals surface area contributed by atoms with E-state index in [1.807, 2.05) is 30.5 Å². The first kappa shape index (κ1) is 16.0. The maximum Gasteiger partial charge on any atom is 0.374 e. The van der Waals surface area contributed by atoms with Crippen LogP contribution in [0.3, 0.4) is 0 Å². The van der Waals surface area contributed by atoms with Gasteiger partial charge in [0.1, 0.15) is 6.61 Å². The lowest BCUT2D eigenvalue weighted by Crippen LogP contribution is -1.96. The number of carboxylic acids is 1. The standard InChI is InChI=1S/C16H13N3O4S/c1-24-16-17-7-12(8-18-16)11-4-2-10(3-5-11)9-22-14-6-13(15(20)21)23-19-14/h2-8H,9H2,1H3,(H,20,21). The van der Waals surface area contributed by atoms with Crippen molar-refractivity contribution in [3.63, 3.8) is 0 Å². The van der Waals surface area contributed by atoms with Crippen LogP contribution in [0.1, 0.15) is 16.1 Å². The summed E-state index contributed by atoms with van der Waals surface area (Å²) < 4.78 is 10.0. The van der Waals surface area contributed by atoms with Gasteiger partial charge in [0.05, 0.1) is 6.07 Å². The summed E-state index contributed by atoms with van der Waals surface area (Å²) >= 11 is 1.49. The molecule has 0 saturated carbocycles. The fraction of sp³-hybridized carbons (Fsp3) is 0.125. The highest BCUT2D eigenvalue weighted by molar-refractivity contribution is 7.98. The highest BCUT2D eigenvalue weighted by Crippen LogP contribution is 2.20. The molecule has 0 unspecified atom stereocenters. The monoisotopic (exact) mass is 343 g/mol. The molecule has 2 aromatic heterocycles. The van der Waals surface area contributed by atoms with E-state index >= 15 is 0 Å². The van der Waals surface area contributed by atoms with E-state index < -0.39 is 5.97 Å². The third-order valence-electron chi connectivity index (χ3n) is 3.18. The first-order chi connectivity index (χ1) is 11.7. The molecule has 2 heterocycles. The van der Waals surface area contributed by atoms with Crippen molar-refractivity contribution in [2.45, 2.75) is 11.8 Å². The van der Waals surface area contributed by atoms with Crippen molar-refractivity contribution < 1.29 is 19.2 Å². The average molecular weight is 343 g/mol. The van der Waals surface area contributed by atoms with Crippen molar-refractivity contribution in [1.82, 2.24) is 15.1 Å². The van der Waals surface area contributed by atoms with Crippen molar-refractivity contribution in [2.75, 3.05) is 6.26 Å². The van der Waals surface area contributed by atoms with Crippen molar-refractivity contribution in [1.29, 1.82) is 0 Å². The van der Waals surface area contributed by atoms with Crippen LogP contribution in [0.15, 0.2) is 52.4 Å². The van der Waals surface area contributed by atoms with Gasteiger partial charge >= 0.3 is 5.97 Å². The van der Waals surface area contributed by atoms with Gasteiger partial charge in [0.15, 0.2) is 5.16 Å². The Bertz CT molecular complexity index is 831. The van der Waals surface area contributed by atoms with Crippen LogP contribution in [0.25, 0.3) is 11.1 Å². The number of benzene rings is 1. The summed E-state index contributed by atoms with van der Waals surface area (Å²) in [5.41, 5.74) is 2.85. The Labute approximate surface area is 141 Å². The predicted molar refractivity (Wildman–Crippen MR) is 87.0 cm³/mol. The molecule has 122 valence electrons. The molecule has 1 aromatic carbocycles. The quantitative estimate of drug-likeness (QED) is 0.538. The number of carboxylic acid groups (broad SMARTS) is 1. The number of hydrogen-bond donors (Lipinski definition) is 1. The van der Waals surface area contributed by atoms with Crippen LogP contribution in [-0.4, -0.2) is 32.5 Å². The molecular weight excluding hydrogens is 330 g/mol. The first-order valence-electron chi connectivity index (χ1n) is 6.94. The molecule has 0 saturated heterocycles. The van der Waals surface area contributed by atoms with Crippen molar-refractivity contribution in [3.8, 4) is 17.0 Å². The Hall–Kier alpha value is -2.87. The molecule has 0 radical (unpaired) electrons. The lowest BCUT2D eigenvalue weighted by molar-refractivity contribution is 0.0651. The van der Waals surface area contributed by atoms with Crippen LogP contribution < -0.4 is 4.74 Å². The molecule has 3 aromatic rings. The van der Waals surface area contributed by atoms with Crippen LogP contribution in [0.5, 0.6) is 5.88 Å². The van der Waals surface area contributed by atoms with Crippen molar-refractivity contribution in [2.24, 2.45) is 0 Å². The van der Waals surface area contributed by atoms with E-state index in [1.54, 1.807) is 12.4 Å². The lowest BCUT2D eigenvalue weighted by Gasteiger charge is -2.05. The molecule has 7 nitrogen and oxygen atoms in total. The highest BCUT2D eigenvalue weighted by Gasteiger charge is 2.11. The average Bonchev–Trinajstić information content (AvgIpc) is 3.10. The Balaban J connectivity index is 1.64. The van der Waals surface area contributed by atoms with Crippen molar-refractivity contribution >= 4 is 17.7 Å². The van der Waals surface area contributed by atoms with Gasteiger partial charge in [-0.2, -0.15) is 0 Å². The number of ether oxygens (including phenoxy) is 1. The van der Waals surface area contributed by atoms with Crippen LogP contribution in [0.4, 0.5) is 0 Å². The summed E-state index contributed by atoms with van der Waals surface area (Å²) in [6.07, 6.45) is 5.50. The van der Waals surface area contributed by atoms with E-state index in [1.165, 1.54) is 17.8 Å². The zero-order valence-electron chi connectivity index (χ0n) is 12.7. The summed E-state index contributed by atoms with van der Waals surface area (Å²) in [6.45, 7) is 0.258. The lowest BCUT2D eigenvalue weighted by atomic mass is 10.1. The SMILES string of the molecule is CSc1ncc(-c2ccc(COc3cc(C(=O)O)on3)cc2)cn1. The molecule has 0 aliphatic heterocycles. The van der Waals surface area contributed by atoms with Gasteiger partial charge in [-0.15, -0.1) is 0 Å². The third-order valence-corrected chi connectivity index (χ3v) is 3.76. The van der Waals surface area contributed by atoms with E-state index in [0.717, 1.165) is 21.8 Å². The number of rotatable bonds is 6. The van der Waals surface area contributed by atoms with E-state index in [2.05, 4.69) is 19.6 Å². The smallest absolute Gasteiger partial charge is 0.374 e. The summed E-state index contributed by atoms with van der Waals surface area (Å²) in [6, 6.07) is 8.95. The summed E-state index contributed by atoms with van der Waals surface area (Å²) in [4.78, 5) is 19.2. The van der Waals surface area contributed by atoms with Gasteiger partial charge in [0, 0.05) is 18.0 Å².